The summed E-state index contributed by atoms with van der Waals surface area (Å²) < 4.78 is 15.3. The molecular weight excluding hydrogens is 791 g/mol. The van der Waals surface area contributed by atoms with Gasteiger partial charge in [-0.1, -0.05) is 69.4 Å². The van der Waals surface area contributed by atoms with E-state index in [0.29, 0.717) is 45.2 Å². The number of methoxy groups -OCH3 is 2. The molecule has 4 atom stereocenters. The monoisotopic (exact) mass is 847 g/mol. The van der Waals surface area contributed by atoms with E-state index >= 15 is 0 Å². The van der Waals surface area contributed by atoms with Crippen LogP contribution >= 0.6 is 0 Å². The van der Waals surface area contributed by atoms with Gasteiger partial charge in [-0.15, -0.1) is 0 Å². The number of carbonyl (C=O) groups is 4. The molecule has 3 aromatic carbocycles. The van der Waals surface area contributed by atoms with E-state index in [1.54, 1.807) is 0 Å². The highest BCUT2D eigenvalue weighted by atomic mass is 28.3. The van der Waals surface area contributed by atoms with Crippen molar-refractivity contribution >= 4 is 65.2 Å². The van der Waals surface area contributed by atoms with Gasteiger partial charge < -0.3 is 39.6 Å². The number of benzene rings is 3. The number of fused-ring (bicyclic) bond motifs is 3. The predicted molar refractivity (Wildman–Crippen MR) is 238 cm³/mol. The lowest BCUT2D eigenvalue weighted by molar-refractivity contribution is -0.136. The lowest BCUT2D eigenvalue weighted by Crippen LogP contribution is -2.53. The molecule has 0 spiro atoms. The molecule has 15 heteroatoms. The third-order valence-electron chi connectivity index (χ3n) is 12.9. The van der Waals surface area contributed by atoms with E-state index in [1.807, 2.05) is 29.8 Å². The third-order valence-corrected chi connectivity index (χ3v) is 15.6. The zero-order valence-corrected chi connectivity index (χ0v) is 37.0. The molecule has 14 nitrogen and oxygen atoms in total. The molecule has 5 heterocycles. The first-order valence-corrected chi connectivity index (χ1v) is 24.9. The average Bonchev–Trinajstić information content (AvgIpc) is 4.10. The molecule has 0 unspecified atom stereocenters. The number of aromatic nitrogens is 2. The standard InChI is InChI=1S/C46H57N7O7Si/c1-27(2)39(50-45(56)58-3)43(54)52-19-7-8-37(52)36-23-33(24-47-36)29-11-9-28(10-12-29)31-13-15-34-32(22-31)14-16-35-41(34)49-42(48-35)38-25-61(5,6)26-53(38)44(55)40(51-46(57)59-4)30-17-20-60-21-18-30/h9-16,22,24,27,30,37-40H,7-8,17-21,23,25-26H2,1-6H3,(H,48,49)(H,50,56)(H,51,57)/t37-,38-,39-,40-/m0/s1. The van der Waals surface area contributed by atoms with E-state index in [0.717, 1.165) is 74.5 Å². The number of allylic oxidation sites excluding steroid dienone is 1. The van der Waals surface area contributed by atoms with Gasteiger partial charge in [0.15, 0.2) is 0 Å². The maximum Gasteiger partial charge on any atom is 0.407 e. The topological polar surface area (TPSA) is 168 Å². The molecule has 61 heavy (non-hydrogen) atoms. The van der Waals surface area contributed by atoms with Crippen molar-refractivity contribution in [2.45, 2.75) is 89.3 Å². The number of nitrogens with zero attached hydrogens (tertiary/aromatic N) is 4. The Morgan fingerprint density at radius 3 is 2.28 bits per heavy atom. The lowest BCUT2D eigenvalue weighted by Gasteiger charge is -2.34. The van der Waals surface area contributed by atoms with Crippen LogP contribution in [0.5, 0.6) is 0 Å². The molecule has 3 fully saturated rings. The molecule has 4 aliphatic heterocycles. The van der Waals surface area contributed by atoms with Gasteiger partial charge in [-0.25, -0.2) is 14.6 Å². The number of aromatic amines is 1. The van der Waals surface area contributed by atoms with Gasteiger partial charge in [-0.2, -0.15) is 0 Å². The first-order chi connectivity index (χ1) is 29.3. The Kier molecular flexibility index (Phi) is 12.1. The van der Waals surface area contributed by atoms with Gasteiger partial charge in [-0.05, 0) is 83.3 Å². The minimum absolute atomic E-state index is 0.0347. The number of nitrogens with one attached hydrogen (secondary N) is 3. The summed E-state index contributed by atoms with van der Waals surface area (Å²) in [5.74, 6) is 0.461. The number of hydrogen-bond donors (Lipinski definition) is 3. The van der Waals surface area contributed by atoms with Crippen molar-refractivity contribution in [1.82, 2.24) is 30.4 Å². The second-order valence-corrected chi connectivity index (χ2v) is 23.1. The molecule has 8 rings (SSSR count). The second-order valence-electron chi connectivity index (χ2n) is 18.0. The minimum atomic E-state index is -1.81. The summed E-state index contributed by atoms with van der Waals surface area (Å²) in [4.78, 5) is 69.9. The second kappa shape index (κ2) is 17.4. The molecule has 0 saturated carbocycles. The van der Waals surface area contributed by atoms with Gasteiger partial charge in [0.05, 0.1) is 45.4 Å². The fourth-order valence-electron chi connectivity index (χ4n) is 9.66. The summed E-state index contributed by atoms with van der Waals surface area (Å²) in [5, 5.41) is 7.69. The van der Waals surface area contributed by atoms with Crippen molar-refractivity contribution in [2.75, 3.05) is 40.1 Å². The van der Waals surface area contributed by atoms with E-state index in [1.165, 1.54) is 14.2 Å². The molecule has 3 N–H and O–H groups in total. The highest BCUT2D eigenvalue weighted by Gasteiger charge is 2.47. The molecule has 4 amide bonds. The van der Waals surface area contributed by atoms with Crippen LogP contribution in [0.15, 0.2) is 65.8 Å². The van der Waals surface area contributed by atoms with Crippen LogP contribution in [-0.2, 0) is 23.8 Å². The van der Waals surface area contributed by atoms with Crippen molar-refractivity contribution in [3.63, 3.8) is 0 Å². The number of H-pyrrole nitrogens is 1. The average molecular weight is 848 g/mol. The van der Waals surface area contributed by atoms with Gasteiger partial charge in [0.25, 0.3) is 0 Å². The molecule has 4 aliphatic rings. The quantitative estimate of drug-likeness (QED) is 0.141. The molecule has 0 aliphatic carbocycles. The molecule has 0 radical (unpaired) electrons. The lowest BCUT2D eigenvalue weighted by atomic mass is 9.90. The third kappa shape index (κ3) is 8.67. The van der Waals surface area contributed by atoms with Crippen molar-refractivity contribution < 1.29 is 33.4 Å². The van der Waals surface area contributed by atoms with Gasteiger partial charge in [0.1, 0.15) is 17.9 Å². The highest BCUT2D eigenvalue weighted by molar-refractivity contribution is 6.78. The summed E-state index contributed by atoms with van der Waals surface area (Å²) in [6.07, 6.45) is 5.17. The van der Waals surface area contributed by atoms with Gasteiger partial charge >= 0.3 is 12.2 Å². The summed E-state index contributed by atoms with van der Waals surface area (Å²) in [6.45, 7) is 10.2. The highest BCUT2D eigenvalue weighted by Crippen LogP contribution is 2.40. The minimum Gasteiger partial charge on any atom is -0.453 e. The molecule has 0 bridgehead atoms. The fraction of sp³-hybridized carbons (Fsp3) is 0.478. The number of hydrogen-bond acceptors (Lipinski definition) is 9. The van der Waals surface area contributed by atoms with Crippen molar-refractivity contribution in [2.24, 2.45) is 16.8 Å². The Balaban J connectivity index is 0.972. The number of carbonyl (C=O) groups excluding carboxylic acids is 4. The Bertz CT molecular complexity index is 2390. The normalized spacial score (nSPS) is 21.4. The van der Waals surface area contributed by atoms with Crippen LogP contribution in [0.3, 0.4) is 0 Å². The SMILES string of the molecule is COC(=O)N[C@H](C(=O)N1CCC[C@H]1C1=NC=C(c2ccc(-c3ccc4c(ccc5[nH]c([C@@H]6C[Si](C)(C)CN6C(=O)[C@@H](NC(=O)OC)C6CCOCC6)nc54)c3)cc2)C1)C(C)C. The number of alkyl carbamates (subject to hydrolysis) is 2. The number of imidazole rings is 1. The molecule has 4 aromatic rings. The predicted octanol–water partition coefficient (Wildman–Crippen LogP) is 7.22. The van der Waals surface area contributed by atoms with Crippen LogP contribution in [0.1, 0.15) is 63.4 Å². The summed E-state index contributed by atoms with van der Waals surface area (Å²) >= 11 is 0. The summed E-state index contributed by atoms with van der Waals surface area (Å²) in [6, 6.07) is 18.4. The van der Waals surface area contributed by atoms with Crippen LogP contribution in [0.25, 0.3) is 38.5 Å². The Morgan fingerprint density at radius 2 is 1.56 bits per heavy atom. The van der Waals surface area contributed by atoms with Crippen molar-refractivity contribution in [3.8, 4) is 11.1 Å². The number of rotatable bonds is 10. The van der Waals surface area contributed by atoms with Crippen molar-refractivity contribution in [1.29, 1.82) is 0 Å². The van der Waals surface area contributed by atoms with Crippen molar-refractivity contribution in [3.05, 3.63) is 72.2 Å². The Hall–Kier alpha value is -5.54. The maximum absolute atomic E-state index is 14.4. The maximum atomic E-state index is 14.4. The molecule has 322 valence electrons. The van der Waals surface area contributed by atoms with E-state index in [9.17, 15) is 19.2 Å². The van der Waals surface area contributed by atoms with E-state index < -0.39 is 32.3 Å². The molecule has 3 saturated heterocycles. The Labute approximate surface area is 357 Å². The van der Waals surface area contributed by atoms with Crippen LogP contribution in [0.2, 0.25) is 19.1 Å². The number of ether oxygens (including phenoxy) is 3. The van der Waals surface area contributed by atoms with Crippen LogP contribution in [0.4, 0.5) is 9.59 Å². The zero-order chi connectivity index (χ0) is 43.0. The van der Waals surface area contributed by atoms with E-state index in [4.69, 9.17) is 24.2 Å². The smallest absolute Gasteiger partial charge is 0.407 e. The van der Waals surface area contributed by atoms with Gasteiger partial charge in [0.2, 0.25) is 11.8 Å². The van der Waals surface area contributed by atoms with Crippen LogP contribution < -0.4 is 10.6 Å². The van der Waals surface area contributed by atoms with Crippen LogP contribution in [-0.4, -0.2) is 116 Å². The first-order valence-electron chi connectivity index (χ1n) is 21.5. The summed E-state index contributed by atoms with van der Waals surface area (Å²) in [7, 11) is 0.816. The number of aliphatic imine (C=N–C) groups is 1. The molecular formula is C46H57N7O7Si. The van der Waals surface area contributed by atoms with Gasteiger partial charge in [0, 0.05) is 49.6 Å². The number of amides is 4. The Morgan fingerprint density at radius 1 is 0.852 bits per heavy atom. The zero-order valence-electron chi connectivity index (χ0n) is 36.0. The van der Waals surface area contributed by atoms with Crippen LogP contribution in [0, 0.1) is 11.8 Å². The van der Waals surface area contributed by atoms with Gasteiger partial charge in [-0.3, -0.25) is 14.6 Å². The van der Waals surface area contributed by atoms with E-state index in [2.05, 4.69) is 83.3 Å². The summed E-state index contributed by atoms with van der Waals surface area (Å²) in [5.41, 5.74) is 7.13. The fourth-order valence-corrected chi connectivity index (χ4v) is 12.5. The number of likely N-dealkylation sites (tertiary alicyclic amines) is 1. The first kappa shape index (κ1) is 42.2. The van der Waals surface area contributed by atoms with E-state index in [-0.39, 0.29) is 35.7 Å². The largest absolute Gasteiger partial charge is 0.453 e. The molecule has 1 aromatic heterocycles.